The highest BCUT2D eigenvalue weighted by Crippen LogP contribution is 2.05. The Labute approximate surface area is 73.5 Å². The van der Waals surface area contributed by atoms with Crippen LogP contribution in [0.5, 0.6) is 0 Å². The normalized spacial score (nSPS) is 11.2. The molecule has 0 fully saturated rings. The van der Waals surface area contributed by atoms with Gasteiger partial charge in [0, 0.05) is 0 Å². The predicted molar refractivity (Wildman–Crippen MR) is 50.9 cm³/mol. The van der Waals surface area contributed by atoms with Crippen molar-refractivity contribution in [1.82, 2.24) is 0 Å². The third-order valence-corrected chi connectivity index (χ3v) is 1.57. The maximum atomic E-state index is 10.7. The fourth-order valence-electron chi connectivity index (χ4n) is 0.870. The van der Waals surface area contributed by atoms with E-state index in [1.165, 1.54) is 0 Å². The molecule has 0 aliphatic rings. The van der Waals surface area contributed by atoms with Gasteiger partial charge in [0.2, 0.25) is 0 Å². The molecule has 12 heavy (non-hydrogen) atoms. The van der Waals surface area contributed by atoms with Crippen molar-refractivity contribution in [3.63, 3.8) is 0 Å². The van der Waals surface area contributed by atoms with E-state index in [1.54, 1.807) is 13.0 Å². The second-order valence-electron chi connectivity index (χ2n) is 2.60. The van der Waals surface area contributed by atoms with Gasteiger partial charge in [0.1, 0.15) is 5.68 Å². The van der Waals surface area contributed by atoms with E-state index in [-0.39, 0.29) is 5.68 Å². The van der Waals surface area contributed by atoms with Crippen LogP contribution in [0.2, 0.25) is 0 Å². The van der Waals surface area contributed by atoms with Crippen molar-refractivity contribution in [2.75, 3.05) is 0 Å². The molecule has 2 radical (unpaired) electrons. The fourth-order valence-corrected chi connectivity index (χ4v) is 0.870. The molecule has 0 N–H and O–H groups in total. The zero-order chi connectivity index (χ0) is 8.97. The highest BCUT2D eigenvalue weighted by Gasteiger charge is 1.94. The molecule has 0 unspecified atom stereocenters. The molecule has 0 aliphatic carbocycles. The number of carbonyl (C=O) groups is 1. The van der Waals surface area contributed by atoms with E-state index < -0.39 is 0 Å². The van der Waals surface area contributed by atoms with Gasteiger partial charge in [0.25, 0.3) is 0 Å². The minimum Gasteiger partial charge on any atom is -0.308 e. The molecule has 0 saturated heterocycles. The van der Waals surface area contributed by atoms with Crippen LogP contribution in [0.4, 0.5) is 0 Å². The Morgan fingerprint density at radius 3 is 2.42 bits per heavy atom. The van der Waals surface area contributed by atoms with Gasteiger partial charge in [-0.25, -0.2) is 0 Å². The van der Waals surface area contributed by atoms with Crippen LogP contribution in [-0.4, -0.2) is 13.5 Å². The molecule has 0 aliphatic heterocycles. The molecule has 2 heteroatoms. The zero-order valence-corrected chi connectivity index (χ0v) is 6.95. The van der Waals surface area contributed by atoms with Gasteiger partial charge in [-0.2, -0.15) is 0 Å². The summed E-state index contributed by atoms with van der Waals surface area (Å²) in [5.74, 6) is 0. The molecule has 0 saturated carbocycles. The van der Waals surface area contributed by atoms with Crippen LogP contribution in [-0.2, 0) is 4.79 Å². The van der Waals surface area contributed by atoms with E-state index in [9.17, 15) is 4.79 Å². The standard InChI is InChI=1S/C10H9BO/c1-8(10(11)12)7-9-5-3-2-4-6-9/h2-7H,1H3/b8-7+. The largest absolute Gasteiger partial charge is 0.308 e. The summed E-state index contributed by atoms with van der Waals surface area (Å²) in [5.41, 5.74) is 1.19. The van der Waals surface area contributed by atoms with Crippen LogP contribution < -0.4 is 0 Å². The van der Waals surface area contributed by atoms with E-state index in [1.807, 2.05) is 30.3 Å². The van der Waals surface area contributed by atoms with E-state index in [4.69, 9.17) is 7.85 Å². The molecular formula is C10H9BO. The van der Waals surface area contributed by atoms with E-state index >= 15 is 0 Å². The lowest BCUT2D eigenvalue weighted by Crippen LogP contribution is -1.96. The van der Waals surface area contributed by atoms with Gasteiger partial charge < -0.3 is 4.79 Å². The molecule has 0 aromatic heterocycles. The Hall–Kier alpha value is -1.31. The quantitative estimate of drug-likeness (QED) is 0.471. The van der Waals surface area contributed by atoms with E-state index in [0.717, 1.165) is 5.56 Å². The van der Waals surface area contributed by atoms with Gasteiger partial charge in [-0.05, 0) is 24.1 Å². The highest BCUT2D eigenvalue weighted by molar-refractivity contribution is 6.62. The minimum atomic E-state index is -0.376. The fraction of sp³-hybridized carbons (Fsp3) is 0.100. The van der Waals surface area contributed by atoms with E-state index in [2.05, 4.69) is 0 Å². The Bertz CT molecular complexity index is 301. The molecule has 0 amide bonds. The number of allylic oxidation sites excluding steroid dienone is 1. The van der Waals surface area contributed by atoms with Crippen molar-refractivity contribution in [3.8, 4) is 0 Å². The Morgan fingerprint density at radius 2 is 1.92 bits per heavy atom. The SMILES string of the molecule is [B]C(=O)/C(C)=C/c1ccccc1. The van der Waals surface area contributed by atoms with Gasteiger partial charge in [-0.1, -0.05) is 30.3 Å². The van der Waals surface area contributed by atoms with Gasteiger partial charge in [0.15, 0.2) is 7.85 Å². The zero-order valence-electron chi connectivity index (χ0n) is 6.95. The Morgan fingerprint density at radius 1 is 1.33 bits per heavy atom. The first kappa shape index (κ1) is 8.79. The summed E-state index contributed by atoms with van der Waals surface area (Å²) >= 11 is 0. The van der Waals surface area contributed by atoms with E-state index in [0.29, 0.717) is 5.57 Å². The molecule has 0 spiro atoms. The molecule has 1 nitrogen and oxygen atoms in total. The van der Waals surface area contributed by atoms with Crippen LogP contribution in [0.1, 0.15) is 12.5 Å². The monoisotopic (exact) mass is 156 g/mol. The maximum Gasteiger partial charge on any atom is 0.174 e. The second kappa shape index (κ2) is 3.91. The topological polar surface area (TPSA) is 17.1 Å². The predicted octanol–water partition coefficient (Wildman–Crippen LogP) is 1.78. The Balaban J connectivity index is 2.89. The van der Waals surface area contributed by atoms with Crippen LogP contribution in [0, 0.1) is 0 Å². The summed E-state index contributed by atoms with van der Waals surface area (Å²) in [4.78, 5) is 10.7. The third-order valence-electron chi connectivity index (χ3n) is 1.57. The molecule has 58 valence electrons. The summed E-state index contributed by atoms with van der Waals surface area (Å²) in [7, 11) is 5.08. The van der Waals surface area contributed by atoms with Gasteiger partial charge in [-0.15, -0.1) is 0 Å². The number of hydrogen-bond donors (Lipinski definition) is 0. The first-order valence-corrected chi connectivity index (χ1v) is 3.73. The Kier molecular flexibility index (Phi) is 2.86. The minimum absolute atomic E-state index is 0.376. The van der Waals surface area contributed by atoms with Crippen molar-refractivity contribution >= 4 is 19.6 Å². The number of benzene rings is 1. The van der Waals surface area contributed by atoms with Gasteiger partial charge in [0.05, 0.1) is 0 Å². The molecule has 0 bridgehead atoms. The first-order valence-electron chi connectivity index (χ1n) is 3.73. The number of hydrogen-bond acceptors (Lipinski definition) is 1. The molecule has 0 heterocycles. The lowest BCUT2D eigenvalue weighted by molar-refractivity contribution is -0.108. The molecular weight excluding hydrogens is 147 g/mol. The number of carbonyl (C=O) groups excluding carboxylic acids is 1. The van der Waals surface area contributed by atoms with Crippen molar-refractivity contribution < 1.29 is 4.79 Å². The smallest absolute Gasteiger partial charge is 0.174 e. The summed E-state index contributed by atoms with van der Waals surface area (Å²) in [5, 5.41) is 0. The highest BCUT2D eigenvalue weighted by atomic mass is 16.1. The molecule has 1 aromatic rings. The lowest BCUT2D eigenvalue weighted by Gasteiger charge is -1.95. The van der Waals surface area contributed by atoms with Crippen LogP contribution in [0.3, 0.4) is 0 Å². The molecule has 0 atom stereocenters. The third kappa shape index (κ3) is 2.38. The van der Waals surface area contributed by atoms with Gasteiger partial charge in [-0.3, -0.25) is 0 Å². The summed E-state index contributed by atoms with van der Waals surface area (Å²) < 4.78 is 0. The summed E-state index contributed by atoms with van der Waals surface area (Å²) in [6.45, 7) is 1.70. The van der Waals surface area contributed by atoms with Crippen molar-refractivity contribution in [2.24, 2.45) is 0 Å². The molecule has 1 aromatic carbocycles. The van der Waals surface area contributed by atoms with Crippen LogP contribution in [0.25, 0.3) is 6.08 Å². The van der Waals surface area contributed by atoms with Crippen LogP contribution >= 0.6 is 0 Å². The number of rotatable bonds is 2. The van der Waals surface area contributed by atoms with Crippen molar-refractivity contribution in [2.45, 2.75) is 6.92 Å². The lowest BCUT2D eigenvalue weighted by atomic mass is 9.94. The maximum absolute atomic E-state index is 10.7. The summed E-state index contributed by atoms with van der Waals surface area (Å²) in [6.07, 6.45) is 1.77. The van der Waals surface area contributed by atoms with Crippen molar-refractivity contribution in [3.05, 3.63) is 41.5 Å². The summed E-state index contributed by atoms with van der Waals surface area (Å²) in [6, 6.07) is 9.61. The average Bonchev–Trinajstić information content (AvgIpc) is 2.06. The average molecular weight is 156 g/mol. The second-order valence-corrected chi connectivity index (χ2v) is 2.60. The molecule has 1 rings (SSSR count). The van der Waals surface area contributed by atoms with Gasteiger partial charge >= 0.3 is 0 Å². The van der Waals surface area contributed by atoms with Crippen LogP contribution in [0.15, 0.2) is 35.9 Å². The van der Waals surface area contributed by atoms with Crippen molar-refractivity contribution in [1.29, 1.82) is 0 Å². The first-order chi connectivity index (χ1) is 5.70.